The summed E-state index contributed by atoms with van der Waals surface area (Å²) in [6, 6.07) is 7.62. The summed E-state index contributed by atoms with van der Waals surface area (Å²) < 4.78 is 5.09. The van der Waals surface area contributed by atoms with Gasteiger partial charge < -0.3 is 4.74 Å². The van der Waals surface area contributed by atoms with Crippen molar-refractivity contribution in [1.82, 2.24) is 15.0 Å². The molecule has 17 heavy (non-hydrogen) atoms. The van der Waals surface area contributed by atoms with E-state index >= 15 is 0 Å². The lowest BCUT2D eigenvalue weighted by atomic mass is 10.3. The molecule has 0 aliphatic carbocycles. The van der Waals surface area contributed by atoms with Crippen molar-refractivity contribution in [3.8, 4) is 16.5 Å². The van der Waals surface area contributed by atoms with Gasteiger partial charge in [0.1, 0.15) is 15.4 Å². The number of hydrogen-bond acceptors (Lipinski definition) is 5. The molecule has 0 fully saturated rings. The number of aromatic nitrogens is 3. The van der Waals surface area contributed by atoms with Crippen LogP contribution in [0.2, 0.25) is 0 Å². The number of fused-ring (bicyclic) bond motifs is 1. The van der Waals surface area contributed by atoms with E-state index in [-0.39, 0.29) is 0 Å². The standard InChI is InChI=1S/C12H9N3OS/c1-16-10-5-4-9-12(15-10)17-11(14-9)8-3-2-6-13-7-8/h2-7H,1H3. The Kier molecular flexibility index (Phi) is 2.45. The van der Waals surface area contributed by atoms with Gasteiger partial charge in [-0.25, -0.2) is 9.97 Å². The van der Waals surface area contributed by atoms with Gasteiger partial charge in [0.15, 0.2) is 0 Å². The van der Waals surface area contributed by atoms with Gasteiger partial charge in [-0.3, -0.25) is 4.98 Å². The molecule has 0 N–H and O–H groups in total. The predicted molar refractivity (Wildman–Crippen MR) is 67.2 cm³/mol. The van der Waals surface area contributed by atoms with Gasteiger partial charge in [0, 0.05) is 24.0 Å². The maximum Gasteiger partial charge on any atom is 0.214 e. The van der Waals surface area contributed by atoms with Crippen molar-refractivity contribution < 1.29 is 4.74 Å². The second kappa shape index (κ2) is 4.10. The van der Waals surface area contributed by atoms with Crippen molar-refractivity contribution >= 4 is 21.7 Å². The normalized spacial score (nSPS) is 10.6. The largest absolute Gasteiger partial charge is 0.481 e. The highest BCUT2D eigenvalue weighted by Crippen LogP contribution is 2.29. The Morgan fingerprint density at radius 2 is 2.12 bits per heavy atom. The maximum absolute atomic E-state index is 5.09. The van der Waals surface area contributed by atoms with Crippen LogP contribution in [0.4, 0.5) is 0 Å². The molecule has 3 rings (SSSR count). The van der Waals surface area contributed by atoms with E-state index in [1.54, 1.807) is 19.5 Å². The molecule has 3 heterocycles. The molecule has 0 bridgehead atoms. The molecular weight excluding hydrogens is 234 g/mol. The molecule has 3 aromatic rings. The zero-order valence-corrected chi connectivity index (χ0v) is 9.94. The third-order valence-corrected chi connectivity index (χ3v) is 3.36. The zero-order valence-electron chi connectivity index (χ0n) is 9.12. The molecule has 4 nitrogen and oxygen atoms in total. The second-order valence-electron chi connectivity index (χ2n) is 3.44. The lowest BCUT2D eigenvalue weighted by molar-refractivity contribution is 0.400. The van der Waals surface area contributed by atoms with Gasteiger partial charge in [-0.1, -0.05) is 11.3 Å². The predicted octanol–water partition coefficient (Wildman–Crippen LogP) is 2.76. The molecule has 0 aliphatic heterocycles. The lowest BCUT2D eigenvalue weighted by Gasteiger charge is -1.95. The van der Waals surface area contributed by atoms with Gasteiger partial charge in [-0.05, 0) is 18.2 Å². The highest BCUT2D eigenvalue weighted by atomic mass is 32.1. The molecule has 0 unspecified atom stereocenters. The number of hydrogen-bond donors (Lipinski definition) is 0. The quantitative estimate of drug-likeness (QED) is 0.694. The zero-order chi connectivity index (χ0) is 11.7. The van der Waals surface area contributed by atoms with Crippen LogP contribution in [-0.2, 0) is 0 Å². The van der Waals surface area contributed by atoms with Crippen LogP contribution in [-0.4, -0.2) is 22.1 Å². The first kappa shape index (κ1) is 10.2. The number of nitrogens with zero attached hydrogens (tertiary/aromatic N) is 3. The fourth-order valence-corrected chi connectivity index (χ4v) is 2.45. The summed E-state index contributed by atoms with van der Waals surface area (Å²) in [4.78, 5) is 13.8. The average molecular weight is 243 g/mol. The van der Waals surface area contributed by atoms with Crippen molar-refractivity contribution in [3.63, 3.8) is 0 Å². The number of thiazole rings is 1. The minimum absolute atomic E-state index is 0.610. The second-order valence-corrected chi connectivity index (χ2v) is 4.42. The smallest absolute Gasteiger partial charge is 0.214 e. The van der Waals surface area contributed by atoms with Crippen molar-refractivity contribution in [2.45, 2.75) is 0 Å². The molecule has 0 aromatic carbocycles. The van der Waals surface area contributed by atoms with E-state index in [1.807, 2.05) is 24.3 Å². The molecule has 0 atom stereocenters. The Morgan fingerprint density at radius 1 is 1.18 bits per heavy atom. The van der Waals surface area contributed by atoms with Crippen LogP contribution in [0.5, 0.6) is 5.88 Å². The molecule has 0 saturated heterocycles. The monoisotopic (exact) mass is 243 g/mol. The maximum atomic E-state index is 5.09. The van der Waals surface area contributed by atoms with E-state index in [0.717, 1.165) is 20.9 Å². The Balaban J connectivity index is 2.14. The molecule has 5 heteroatoms. The van der Waals surface area contributed by atoms with E-state index in [2.05, 4.69) is 15.0 Å². The van der Waals surface area contributed by atoms with Crippen molar-refractivity contribution in [2.24, 2.45) is 0 Å². The van der Waals surface area contributed by atoms with E-state index in [9.17, 15) is 0 Å². The minimum Gasteiger partial charge on any atom is -0.481 e. The Morgan fingerprint density at radius 3 is 2.88 bits per heavy atom. The van der Waals surface area contributed by atoms with Crippen molar-refractivity contribution in [3.05, 3.63) is 36.7 Å². The average Bonchev–Trinajstić information content (AvgIpc) is 2.82. The van der Waals surface area contributed by atoms with Crippen molar-refractivity contribution in [2.75, 3.05) is 7.11 Å². The highest BCUT2D eigenvalue weighted by molar-refractivity contribution is 7.21. The summed E-state index contributed by atoms with van der Waals surface area (Å²) >= 11 is 1.54. The fourth-order valence-electron chi connectivity index (χ4n) is 1.53. The molecule has 0 amide bonds. The molecule has 3 aromatic heterocycles. The summed E-state index contributed by atoms with van der Waals surface area (Å²) in [5.74, 6) is 0.610. The number of ether oxygens (including phenoxy) is 1. The molecular formula is C12H9N3OS. The Labute approximate surface area is 102 Å². The molecule has 0 radical (unpaired) electrons. The Hall–Kier alpha value is -2.01. The van der Waals surface area contributed by atoms with Crippen LogP contribution in [0, 0.1) is 0 Å². The fraction of sp³-hybridized carbons (Fsp3) is 0.0833. The first-order valence-electron chi connectivity index (χ1n) is 5.09. The van der Waals surface area contributed by atoms with Crippen LogP contribution in [0.1, 0.15) is 0 Å². The summed E-state index contributed by atoms with van der Waals surface area (Å²) in [5, 5.41) is 0.925. The van der Waals surface area contributed by atoms with Crippen LogP contribution < -0.4 is 4.74 Å². The van der Waals surface area contributed by atoms with Gasteiger partial charge >= 0.3 is 0 Å². The van der Waals surface area contributed by atoms with E-state index in [0.29, 0.717) is 5.88 Å². The first-order chi connectivity index (χ1) is 8.36. The molecule has 0 saturated carbocycles. The number of methoxy groups -OCH3 is 1. The van der Waals surface area contributed by atoms with E-state index in [4.69, 9.17) is 4.74 Å². The van der Waals surface area contributed by atoms with Crippen LogP contribution in [0.15, 0.2) is 36.7 Å². The van der Waals surface area contributed by atoms with Gasteiger partial charge in [-0.2, -0.15) is 0 Å². The molecule has 0 aliphatic rings. The van der Waals surface area contributed by atoms with Crippen LogP contribution in [0.25, 0.3) is 20.9 Å². The van der Waals surface area contributed by atoms with E-state index in [1.165, 1.54) is 11.3 Å². The lowest BCUT2D eigenvalue weighted by Crippen LogP contribution is -1.85. The SMILES string of the molecule is COc1ccc2nc(-c3cccnc3)sc2n1. The third-order valence-electron chi connectivity index (χ3n) is 2.35. The third kappa shape index (κ3) is 1.85. The summed E-state index contributed by atoms with van der Waals surface area (Å²) in [6.07, 6.45) is 3.55. The minimum atomic E-state index is 0.610. The summed E-state index contributed by atoms with van der Waals surface area (Å²) in [6.45, 7) is 0. The number of pyridine rings is 2. The van der Waals surface area contributed by atoms with Crippen LogP contribution in [0.3, 0.4) is 0 Å². The summed E-state index contributed by atoms with van der Waals surface area (Å²) in [5.41, 5.74) is 1.89. The van der Waals surface area contributed by atoms with E-state index < -0.39 is 0 Å². The van der Waals surface area contributed by atoms with Gasteiger partial charge in [0.25, 0.3) is 0 Å². The topological polar surface area (TPSA) is 47.9 Å². The summed E-state index contributed by atoms with van der Waals surface area (Å²) in [7, 11) is 1.61. The number of rotatable bonds is 2. The van der Waals surface area contributed by atoms with Crippen molar-refractivity contribution in [1.29, 1.82) is 0 Å². The van der Waals surface area contributed by atoms with Gasteiger partial charge in [0.2, 0.25) is 5.88 Å². The van der Waals surface area contributed by atoms with Crippen LogP contribution >= 0.6 is 11.3 Å². The molecule has 84 valence electrons. The van der Waals surface area contributed by atoms with Gasteiger partial charge in [-0.15, -0.1) is 0 Å². The Bertz CT molecular complexity index is 651. The highest BCUT2D eigenvalue weighted by Gasteiger charge is 2.07. The molecule has 0 spiro atoms. The van der Waals surface area contributed by atoms with Gasteiger partial charge in [0.05, 0.1) is 7.11 Å². The first-order valence-corrected chi connectivity index (χ1v) is 5.90.